The Balaban J connectivity index is 2.42. The fourth-order valence-electron chi connectivity index (χ4n) is 1.61. The van der Waals surface area contributed by atoms with Crippen LogP contribution in [0.4, 0.5) is 5.69 Å². The lowest BCUT2D eigenvalue weighted by Crippen LogP contribution is -2.13. The Bertz CT molecular complexity index is 790. The van der Waals surface area contributed by atoms with Crippen molar-refractivity contribution in [3.8, 4) is 0 Å². The van der Waals surface area contributed by atoms with Gasteiger partial charge in [0.15, 0.2) is 4.67 Å². The Morgan fingerprint density at radius 3 is 2.52 bits per heavy atom. The maximum Gasteiger partial charge on any atom is 0.266 e. The lowest BCUT2D eigenvalue weighted by atomic mass is 10.2. The second kappa shape index (κ2) is 6.18. The summed E-state index contributed by atoms with van der Waals surface area (Å²) in [4.78, 5) is -0.0595. The standard InChI is InChI=1S/C12H11BrCl2N2O3S/c1-6-2-9(15)10(4-8(6)14)17-21(18,19)11-3-7(5-16)20-12(11)13/h2-4,17H,5,16H2,1H3. The number of furan rings is 1. The summed E-state index contributed by atoms with van der Waals surface area (Å²) < 4.78 is 32.3. The number of sulfonamides is 1. The number of nitrogens with one attached hydrogen (secondary N) is 1. The molecule has 1 heterocycles. The van der Waals surface area contributed by atoms with Gasteiger partial charge in [-0.2, -0.15) is 0 Å². The van der Waals surface area contributed by atoms with Crippen LogP contribution in [-0.4, -0.2) is 8.42 Å². The van der Waals surface area contributed by atoms with Crippen molar-refractivity contribution in [1.29, 1.82) is 0 Å². The first-order valence-electron chi connectivity index (χ1n) is 5.71. The van der Waals surface area contributed by atoms with E-state index in [2.05, 4.69) is 20.7 Å². The summed E-state index contributed by atoms with van der Waals surface area (Å²) in [7, 11) is -3.87. The summed E-state index contributed by atoms with van der Waals surface area (Å²) in [6.07, 6.45) is 0. The zero-order chi connectivity index (χ0) is 15.8. The Morgan fingerprint density at radius 2 is 1.95 bits per heavy atom. The summed E-state index contributed by atoms with van der Waals surface area (Å²) in [6, 6.07) is 4.38. The predicted octanol–water partition coefficient (Wildman–Crippen LogP) is 3.92. The maximum absolute atomic E-state index is 12.4. The molecule has 1 aromatic heterocycles. The normalized spacial score (nSPS) is 11.7. The van der Waals surface area contributed by atoms with Gasteiger partial charge < -0.3 is 10.2 Å². The van der Waals surface area contributed by atoms with Gasteiger partial charge in [0.2, 0.25) is 0 Å². The number of halogens is 3. The summed E-state index contributed by atoms with van der Waals surface area (Å²) in [6.45, 7) is 1.86. The highest BCUT2D eigenvalue weighted by Gasteiger charge is 2.23. The minimum absolute atomic E-state index is 0.0595. The quantitative estimate of drug-likeness (QED) is 0.795. The van der Waals surface area contributed by atoms with E-state index in [0.29, 0.717) is 10.8 Å². The molecule has 9 heteroatoms. The lowest BCUT2D eigenvalue weighted by molar-refractivity contribution is 0.484. The molecule has 0 saturated heterocycles. The van der Waals surface area contributed by atoms with Gasteiger partial charge in [0, 0.05) is 11.1 Å². The Hall–Kier alpha value is -0.730. The molecule has 0 amide bonds. The molecule has 0 saturated carbocycles. The van der Waals surface area contributed by atoms with Crippen LogP contribution < -0.4 is 10.5 Å². The van der Waals surface area contributed by atoms with Gasteiger partial charge in [-0.25, -0.2) is 8.42 Å². The van der Waals surface area contributed by atoms with Crippen molar-refractivity contribution in [3.63, 3.8) is 0 Å². The summed E-state index contributed by atoms with van der Waals surface area (Å²) >= 11 is 15.1. The van der Waals surface area contributed by atoms with Gasteiger partial charge in [-0.15, -0.1) is 0 Å². The highest BCUT2D eigenvalue weighted by atomic mass is 79.9. The topological polar surface area (TPSA) is 85.3 Å². The average Bonchev–Trinajstić information content (AvgIpc) is 2.78. The van der Waals surface area contributed by atoms with Crippen molar-refractivity contribution in [2.24, 2.45) is 5.73 Å². The van der Waals surface area contributed by atoms with Crippen LogP contribution in [-0.2, 0) is 16.6 Å². The van der Waals surface area contributed by atoms with E-state index in [1.54, 1.807) is 13.0 Å². The molecule has 0 atom stereocenters. The van der Waals surface area contributed by atoms with E-state index >= 15 is 0 Å². The molecular formula is C12H11BrCl2N2O3S. The van der Waals surface area contributed by atoms with Crippen molar-refractivity contribution in [1.82, 2.24) is 0 Å². The number of rotatable bonds is 4. The SMILES string of the molecule is Cc1cc(Cl)c(NS(=O)(=O)c2cc(CN)oc2Br)cc1Cl. The van der Waals surface area contributed by atoms with Gasteiger partial charge in [0.25, 0.3) is 10.0 Å². The van der Waals surface area contributed by atoms with Crippen LogP contribution in [0.3, 0.4) is 0 Å². The zero-order valence-corrected chi connectivity index (χ0v) is 14.7. The molecule has 3 N–H and O–H groups in total. The first kappa shape index (κ1) is 16.6. The second-order valence-corrected chi connectivity index (χ2v) is 7.43. The summed E-state index contributed by atoms with van der Waals surface area (Å²) in [5.41, 5.74) is 6.36. The third-order valence-electron chi connectivity index (χ3n) is 2.69. The van der Waals surface area contributed by atoms with E-state index in [1.165, 1.54) is 12.1 Å². The van der Waals surface area contributed by atoms with Crippen LogP contribution in [0.25, 0.3) is 0 Å². The van der Waals surface area contributed by atoms with E-state index in [1.807, 2.05) is 0 Å². The van der Waals surface area contributed by atoms with Crippen LogP contribution in [0.15, 0.2) is 32.2 Å². The number of benzene rings is 1. The van der Waals surface area contributed by atoms with Gasteiger partial charge in [-0.1, -0.05) is 23.2 Å². The van der Waals surface area contributed by atoms with Crippen molar-refractivity contribution in [2.45, 2.75) is 18.4 Å². The summed E-state index contributed by atoms with van der Waals surface area (Å²) in [5.74, 6) is 0.343. The smallest absolute Gasteiger partial charge is 0.266 e. The first-order valence-corrected chi connectivity index (χ1v) is 8.74. The largest absolute Gasteiger partial charge is 0.452 e. The van der Waals surface area contributed by atoms with Crippen LogP contribution in [0.2, 0.25) is 10.0 Å². The Labute approximate surface area is 140 Å². The Morgan fingerprint density at radius 1 is 1.29 bits per heavy atom. The van der Waals surface area contributed by atoms with Crippen LogP contribution >= 0.6 is 39.1 Å². The van der Waals surface area contributed by atoms with Crippen LogP contribution in [0.5, 0.6) is 0 Å². The number of nitrogens with two attached hydrogens (primary N) is 1. The molecule has 0 unspecified atom stereocenters. The molecule has 21 heavy (non-hydrogen) atoms. The molecule has 0 spiro atoms. The molecular weight excluding hydrogens is 403 g/mol. The molecule has 2 aromatic rings. The minimum atomic E-state index is -3.87. The third kappa shape index (κ3) is 3.54. The fourth-order valence-corrected chi connectivity index (χ4v) is 4.16. The Kier molecular flexibility index (Phi) is 4.89. The van der Waals surface area contributed by atoms with Gasteiger partial charge in [0.05, 0.1) is 17.3 Å². The van der Waals surface area contributed by atoms with Crippen LogP contribution in [0, 0.1) is 6.92 Å². The number of anilines is 1. The molecule has 0 fully saturated rings. The molecule has 0 radical (unpaired) electrons. The molecule has 0 aliphatic heterocycles. The molecule has 5 nitrogen and oxygen atoms in total. The van der Waals surface area contributed by atoms with E-state index in [9.17, 15) is 8.42 Å². The van der Waals surface area contributed by atoms with Gasteiger partial charge >= 0.3 is 0 Å². The molecule has 1 aromatic carbocycles. The van der Waals surface area contributed by atoms with Crippen molar-refractivity contribution in [2.75, 3.05) is 4.72 Å². The number of hydrogen-bond acceptors (Lipinski definition) is 4. The van der Waals surface area contributed by atoms with E-state index in [4.69, 9.17) is 33.4 Å². The van der Waals surface area contributed by atoms with E-state index in [0.717, 1.165) is 5.56 Å². The highest BCUT2D eigenvalue weighted by molar-refractivity contribution is 9.10. The molecule has 114 valence electrons. The first-order chi connectivity index (χ1) is 9.74. The zero-order valence-electron chi connectivity index (χ0n) is 10.8. The lowest BCUT2D eigenvalue weighted by Gasteiger charge is -2.10. The molecule has 2 rings (SSSR count). The number of aryl methyl sites for hydroxylation is 1. The molecule has 0 aliphatic rings. The molecule has 0 bridgehead atoms. The molecule has 0 aliphatic carbocycles. The van der Waals surface area contributed by atoms with Crippen molar-refractivity contribution in [3.05, 3.63) is 44.2 Å². The highest BCUT2D eigenvalue weighted by Crippen LogP contribution is 2.32. The van der Waals surface area contributed by atoms with Crippen molar-refractivity contribution < 1.29 is 12.8 Å². The predicted molar refractivity (Wildman–Crippen MR) is 86.3 cm³/mol. The van der Waals surface area contributed by atoms with Gasteiger partial charge in [-0.05, 0) is 40.5 Å². The third-order valence-corrected chi connectivity index (χ3v) is 5.63. The maximum atomic E-state index is 12.4. The fraction of sp³-hybridized carbons (Fsp3) is 0.167. The van der Waals surface area contributed by atoms with Gasteiger partial charge in [0.1, 0.15) is 10.7 Å². The van der Waals surface area contributed by atoms with E-state index < -0.39 is 10.0 Å². The average molecular weight is 414 g/mol. The van der Waals surface area contributed by atoms with Gasteiger partial charge in [-0.3, -0.25) is 4.72 Å². The monoisotopic (exact) mass is 412 g/mol. The second-order valence-electron chi connectivity index (χ2n) is 4.24. The number of hydrogen-bond donors (Lipinski definition) is 2. The summed E-state index contributed by atoms with van der Waals surface area (Å²) in [5, 5.41) is 0.658. The van der Waals surface area contributed by atoms with Crippen LogP contribution in [0.1, 0.15) is 11.3 Å². The minimum Gasteiger partial charge on any atom is -0.452 e. The van der Waals surface area contributed by atoms with E-state index in [-0.39, 0.29) is 26.8 Å². The van der Waals surface area contributed by atoms with Crippen molar-refractivity contribution >= 4 is 54.8 Å².